The number of nitrogens with zero attached hydrogens (tertiary/aromatic N) is 1. The summed E-state index contributed by atoms with van der Waals surface area (Å²) < 4.78 is 8.09. The van der Waals surface area contributed by atoms with Crippen LogP contribution in [-0.2, 0) is 9.59 Å². The summed E-state index contributed by atoms with van der Waals surface area (Å²) in [7, 11) is 0. The third-order valence-corrected chi connectivity index (χ3v) is 6.43. The van der Waals surface area contributed by atoms with Crippen molar-refractivity contribution in [3.05, 3.63) is 66.4 Å². The Labute approximate surface area is 200 Å². The number of ether oxygens (including phenoxy) is 1. The van der Waals surface area contributed by atoms with E-state index in [0.29, 0.717) is 23.9 Å². The van der Waals surface area contributed by atoms with Crippen molar-refractivity contribution in [1.82, 2.24) is 4.57 Å². The van der Waals surface area contributed by atoms with Gasteiger partial charge in [-0.1, -0.05) is 37.5 Å². The zero-order valence-electron chi connectivity index (χ0n) is 19.6. The highest BCUT2D eigenvalue weighted by atomic mass is 16.5. The maximum atomic E-state index is 12.7. The number of allylic oxidation sites excluding steroid dienone is 1. The Hall–Kier alpha value is -3.54. The highest BCUT2D eigenvalue weighted by Gasteiger charge is 2.17. The van der Waals surface area contributed by atoms with Crippen LogP contribution in [0.2, 0.25) is 0 Å². The lowest BCUT2D eigenvalue weighted by Crippen LogP contribution is -2.11. The van der Waals surface area contributed by atoms with Crippen molar-refractivity contribution in [2.75, 3.05) is 11.9 Å². The molecule has 0 unspecified atom stereocenters. The number of carboxylic acids is 1. The number of aliphatic carboxylic acids is 1. The number of benzene rings is 2. The molecule has 0 radical (unpaired) electrons. The minimum absolute atomic E-state index is 0.0465. The Balaban J connectivity index is 1.43. The normalized spacial score (nSPS) is 14.8. The van der Waals surface area contributed by atoms with E-state index in [1.54, 1.807) is 18.2 Å². The molecule has 4 rings (SSSR count). The van der Waals surface area contributed by atoms with Crippen LogP contribution in [0.3, 0.4) is 0 Å². The second-order valence-corrected chi connectivity index (χ2v) is 8.95. The fraction of sp³-hybridized carbons (Fsp3) is 0.357. The van der Waals surface area contributed by atoms with Crippen molar-refractivity contribution in [3.63, 3.8) is 0 Å². The number of rotatable bonds is 9. The highest BCUT2D eigenvalue weighted by molar-refractivity contribution is 6.04. The van der Waals surface area contributed by atoms with Gasteiger partial charge in [0.15, 0.2) is 0 Å². The number of anilines is 1. The van der Waals surface area contributed by atoms with Crippen molar-refractivity contribution in [3.8, 4) is 5.75 Å². The molecule has 2 N–H and O–H groups in total. The molecule has 0 aliphatic heterocycles. The Morgan fingerprint density at radius 3 is 2.71 bits per heavy atom. The number of amides is 1. The largest absolute Gasteiger partial charge is 0.491 e. The molecule has 1 heterocycles. The third kappa shape index (κ3) is 5.87. The van der Waals surface area contributed by atoms with Crippen molar-refractivity contribution in [2.24, 2.45) is 0 Å². The van der Waals surface area contributed by atoms with E-state index in [0.717, 1.165) is 11.1 Å². The van der Waals surface area contributed by atoms with Gasteiger partial charge in [-0.2, -0.15) is 0 Å². The second kappa shape index (κ2) is 11.1. The van der Waals surface area contributed by atoms with Gasteiger partial charge in [-0.3, -0.25) is 9.59 Å². The summed E-state index contributed by atoms with van der Waals surface area (Å²) in [5.41, 5.74) is 3.71. The summed E-state index contributed by atoms with van der Waals surface area (Å²) in [5, 5.41) is 12.8. The van der Waals surface area contributed by atoms with Crippen molar-refractivity contribution < 1.29 is 19.4 Å². The zero-order chi connectivity index (χ0) is 23.9. The third-order valence-electron chi connectivity index (χ3n) is 6.43. The van der Waals surface area contributed by atoms with Gasteiger partial charge in [0.25, 0.3) is 0 Å². The van der Waals surface area contributed by atoms with E-state index >= 15 is 0 Å². The lowest BCUT2D eigenvalue weighted by molar-refractivity contribution is -0.137. The predicted octanol–water partition coefficient (Wildman–Crippen LogP) is 6.43. The van der Waals surface area contributed by atoms with Crippen molar-refractivity contribution in [2.45, 2.75) is 57.9 Å². The molecule has 178 valence electrons. The highest BCUT2D eigenvalue weighted by Crippen LogP contribution is 2.32. The fourth-order valence-corrected chi connectivity index (χ4v) is 4.64. The zero-order valence-corrected chi connectivity index (χ0v) is 19.6. The summed E-state index contributed by atoms with van der Waals surface area (Å²) in [6.45, 7) is 2.21. The SMILES string of the molecule is C/C(=C\C(=O)Nc1ccccc1OCCCC(=O)O)c1ccc2c(ccn2C2CCCCC2)c1. The van der Waals surface area contributed by atoms with Gasteiger partial charge < -0.3 is 19.7 Å². The summed E-state index contributed by atoms with van der Waals surface area (Å²) in [5.74, 6) is -0.564. The molecule has 3 aromatic rings. The standard InChI is InChI=1S/C28H32N2O4/c1-20(18-27(31)29-24-10-5-6-11-26(24)34-17-7-12-28(32)33)21-13-14-25-22(19-21)15-16-30(25)23-8-3-2-4-9-23/h5-6,10-11,13-16,18-19,23H,2-4,7-9,12,17H2,1H3,(H,29,31)(H,32,33)/b20-18+. The van der Waals surface area contributed by atoms with Gasteiger partial charge in [-0.15, -0.1) is 0 Å². The first-order chi connectivity index (χ1) is 16.5. The van der Waals surface area contributed by atoms with Crippen LogP contribution in [0, 0.1) is 0 Å². The van der Waals surface area contributed by atoms with Gasteiger partial charge in [0.05, 0.1) is 12.3 Å². The van der Waals surface area contributed by atoms with E-state index < -0.39 is 5.97 Å². The molecule has 6 heteroatoms. The molecule has 1 aliphatic carbocycles. The van der Waals surface area contributed by atoms with E-state index in [1.165, 1.54) is 43.0 Å². The number of aromatic nitrogens is 1. The molecule has 1 aliphatic rings. The Kier molecular flexibility index (Phi) is 7.68. The molecule has 0 spiro atoms. The lowest BCUT2D eigenvalue weighted by atomic mass is 9.95. The molecule has 6 nitrogen and oxygen atoms in total. The molecular formula is C28H32N2O4. The van der Waals surface area contributed by atoms with Crippen LogP contribution in [0.1, 0.15) is 63.5 Å². The molecule has 1 amide bonds. The molecule has 1 aromatic heterocycles. The molecule has 2 aromatic carbocycles. The Morgan fingerprint density at radius 2 is 1.91 bits per heavy atom. The molecule has 0 atom stereocenters. The van der Waals surface area contributed by atoms with Gasteiger partial charge in [-0.05, 0) is 67.7 Å². The number of para-hydroxylation sites is 2. The summed E-state index contributed by atoms with van der Waals surface area (Å²) in [6.07, 6.45) is 10.7. The molecule has 0 bridgehead atoms. The van der Waals surface area contributed by atoms with Gasteiger partial charge in [0.2, 0.25) is 5.91 Å². The number of hydrogen-bond acceptors (Lipinski definition) is 3. The van der Waals surface area contributed by atoms with E-state index in [-0.39, 0.29) is 18.9 Å². The summed E-state index contributed by atoms with van der Waals surface area (Å²) in [6, 6.07) is 16.3. The van der Waals surface area contributed by atoms with Gasteiger partial charge in [0.1, 0.15) is 5.75 Å². The number of hydrogen-bond donors (Lipinski definition) is 2. The van der Waals surface area contributed by atoms with Gasteiger partial charge in [0, 0.05) is 35.6 Å². The van der Waals surface area contributed by atoms with Crippen LogP contribution in [-0.4, -0.2) is 28.2 Å². The Bertz CT molecular complexity index is 1190. The molecular weight excluding hydrogens is 428 g/mol. The number of carbonyl (C=O) groups excluding carboxylic acids is 1. The number of carbonyl (C=O) groups is 2. The molecule has 1 fully saturated rings. The lowest BCUT2D eigenvalue weighted by Gasteiger charge is -2.24. The summed E-state index contributed by atoms with van der Waals surface area (Å²) >= 11 is 0. The molecule has 1 saturated carbocycles. The fourth-order valence-electron chi connectivity index (χ4n) is 4.64. The van der Waals surface area contributed by atoms with Crippen LogP contribution < -0.4 is 10.1 Å². The second-order valence-electron chi connectivity index (χ2n) is 8.95. The topological polar surface area (TPSA) is 80.6 Å². The molecule has 0 saturated heterocycles. The predicted molar refractivity (Wildman–Crippen MR) is 135 cm³/mol. The smallest absolute Gasteiger partial charge is 0.303 e. The van der Waals surface area contributed by atoms with E-state index in [9.17, 15) is 9.59 Å². The van der Waals surface area contributed by atoms with E-state index in [1.807, 2.05) is 19.1 Å². The van der Waals surface area contributed by atoms with E-state index in [4.69, 9.17) is 9.84 Å². The molecule has 34 heavy (non-hydrogen) atoms. The quantitative estimate of drug-likeness (QED) is 0.285. The average Bonchev–Trinajstić information content (AvgIpc) is 3.26. The Morgan fingerprint density at radius 1 is 1.12 bits per heavy atom. The first kappa shape index (κ1) is 23.6. The van der Waals surface area contributed by atoms with Crippen LogP contribution in [0.4, 0.5) is 5.69 Å². The number of carboxylic acid groups (broad SMARTS) is 1. The minimum atomic E-state index is -0.852. The number of fused-ring (bicyclic) bond motifs is 1. The first-order valence-corrected chi connectivity index (χ1v) is 12.0. The van der Waals surface area contributed by atoms with Gasteiger partial charge >= 0.3 is 5.97 Å². The maximum absolute atomic E-state index is 12.7. The van der Waals surface area contributed by atoms with Crippen LogP contribution >= 0.6 is 0 Å². The van der Waals surface area contributed by atoms with Crippen LogP contribution in [0.15, 0.2) is 60.8 Å². The maximum Gasteiger partial charge on any atom is 0.303 e. The minimum Gasteiger partial charge on any atom is -0.491 e. The van der Waals surface area contributed by atoms with Crippen LogP contribution in [0.25, 0.3) is 16.5 Å². The van der Waals surface area contributed by atoms with Gasteiger partial charge in [-0.25, -0.2) is 0 Å². The van der Waals surface area contributed by atoms with Crippen LogP contribution in [0.5, 0.6) is 5.75 Å². The number of nitrogens with one attached hydrogen (secondary N) is 1. The first-order valence-electron chi connectivity index (χ1n) is 12.0. The monoisotopic (exact) mass is 460 g/mol. The van der Waals surface area contributed by atoms with E-state index in [2.05, 4.69) is 40.3 Å². The van der Waals surface area contributed by atoms with Crippen molar-refractivity contribution in [1.29, 1.82) is 0 Å². The average molecular weight is 461 g/mol. The van der Waals surface area contributed by atoms with Crippen molar-refractivity contribution >= 4 is 34.0 Å². The summed E-state index contributed by atoms with van der Waals surface area (Å²) in [4.78, 5) is 23.4.